The van der Waals surface area contributed by atoms with Gasteiger partial charge in [0.1, 0.15) is 5.82 Å². The van der Waals surface area contributed by atoms with Gasteiger partial charge in [-0.3, -0.25) is 24.7 Å². The largest absolute Gasteiger partial charge is 0.475 e. The van der Waals surface area contributed by atoms with Crippen molar-refractivity contribution in [2.45, 2.75) is 20.4 Å². The van der Waals surface area contributed by atoms with E-state index in [0.717, 1.165) is 0 Å². The second-order valence-corrected chi connectivity index (χ2v) is 5.96. The predicted octanol–water partition coefficient (Wildman–Crippen LogP) is 2.58. The lowest BCUT2D eigenvalue weighted by Crippen LogP contribution is -2.15. The standard InChI is InChI=1S/C17H17FN6O4/c1-9-13(10(2)23(22-9)8-11-6-4-5-7-12(11)18)19-16(25)14-15(24(26)27)17(28-3)21-20-14/h4-7H,8H2,1-3H3,(H,19,25)(H,20,21). The molecule has 0 saturated carbocycles. The molecule has 3 aromatic rings. The number of ether oxygens (including phenoxy) is 1. The summed E-state index contributed by atoms with van der Waals surface area (Å²) in [5, 5.41) is 24.1. The SMILES string of the molecule is COc1n[nH]c(C(=O)Nc2c(C)nn(Cc3ccccc3F)c2C)c1[N+](=O)[O-]. The molecule has 0 aliphatic rings. The molecule has 146 valence electrons. The van der Waals surface area contributed by atoms with Gasteiger partial charge in [-0.15, -0.1) is 5.10 Å². The minimum atomic E-state index is -0.765. The number of hydrogen-bond acceptors (Lipinski definition) is 6. The van der Waals surface area contributed by atoms with Crippen molar-refractivity contribution in [3.63, 3.8) is 0 Å². The second-order valence-electron chi connectivity index (χ2n) is 5.96. The Morgan fingerprint density at radius 3 is 2.75 bits per heavy atom. The van der Waals surface area contributed by atoms with Crippen LogP contribution in [0, 0.1) is 29.8 Å². The van der Waals surface area contributed by atoms with Gasteiger partial charge < -0.3 is 10.1 Å². The van der Waals surface area contributed by atoms with Crippen LogP contribution in [0.3, 0.4) is 0 Å². The molecule has 10 nitrogen and oxygen atoms in total. The first-order valence-electron chi connectivity index (χ1n) is 8.19. The smallest absolute Gasteiger partial charge is 0.362 e. The van der Waals surface area contributed by atoms with Crippen LogP contribution in [0.1, 0.15) is 27.4 Å². The number of hydrogen-bond donors (Lipinski definition) is 2. The van der Waals surface area contributed by atoms with Crippen LogP contribution in [0.2, 0.25) is 0 Å². The fraction of sp³-hybridized carbons (Fsp3) is 0.235. The molecule has 0 bridgehead atoms. The summed E-state index contributed by atoms with van der Waals surface area (Å²) < 4.78 is 20.3. The summed E-state index contributed by atoms with van der Waals surface area (Å²) in [6.07, 6.45) is 0. The van der Waals surface area contributed by atoms with Gasteiger partial charge in [-0.2, -0.15) is 5.10 Å². The first kappa shape index (κ1) is 19.0. The van der Waals surface area contributed by atoms with E-state index in [1.165, 1.54) is 13.2 Å². The van der Waals surface area contributed by atoms with Crippen LogP contribution in [0.25, 0.3) is 0 Å². The summed E-state index contributed by atoms with van der Waals surface area (Å²) in [5.74, 6) is -1.42. The van der Waals surface area contributed by atoms with Gasteiger partial charge in [-0.1, -0.05) is 18.2 Å². The fourth-order valence-corrected chi connectivity index (χ4v) is 2.79. The van der Waals surface area contributed by atoms with Gasteiger partial charge in [0.05, 0.1) is 35.7 Å². The highest BCUT2D eigenvalue weighted by Gasteiger charge is 2.31. The van der Waals surface area contributed by atoms with Crippen LogP contribution in [0.4, 0.5) is 15.8 Å². The van der Waals surface area contributed by atoms with Gasteiger partial charge in [0.15, 0.2) is 0 Å². The predicted molar refractivity (Wildman–Crippen MR) is 97.0 cm³/mol. The first-order valence-corrected chi connectivity index (χ1v) is 8.19. The minimum Gasteiger partial charge on any atom is -0.475 e. The van der Waals surface area contributed by atoms with Crippen LogP contribution >= 0.6 is 0 Å². The Balaban J connectivity index is 1.89. The molecule has 1 amide bonds. The molecule has 0 atom stereocenters. The van der Waals surface area contributed by atoms with E-state index in [2.05, 4.69) is 20.6 Å². The zero-order valence-corrected chi connectivity index (χ0v) is 15.3. The lowest BCUT2D eigenvalue weighted by Gasteiger charge is -2.07. The second kappa shape index (κ2) is 7.47. The Kier molecular flexibility index (Phi) is 5.07. The lowest BCUT2D eigenvalue weighted by atomic mass is 10.2. The number of rotatable bonds is 6. The van der Waals surface area contributed by atoms with Crippen molar-refractivity contribution >= 4 is 17.3 Å². The van der Waals surface area contributed by atoms with Crippen molar-refractivity contribution in [2.75, 3.05) is 12.4 Å². The zero-order valence-electron chi connectivity index (χ0n) is 15.3. The van der Waals surface area contributed by atoms with E-state index in [-0.39, 0.29) is 23.9 Å². The van der Waals surface area contributed by atoms with Crippen molar-refractivity contribution in [1.82, 2.24) is 20.0 Å². The maximum Gasteiger partial charge on any atom is 0.362 e. The monoisotopic (exact) mass is 388 g/mol. The quantitative estimate of drug-likeness (QED) is 0.493. The molecule has 11 heteroatoms. The van der Waals surface area contributed by atoms with E-state index < -0.39 is 16.5 Å². The summed E-state index contributed by atoms with van der Waals surface area (Å²) in [6.45, 7) is 3.55. The molecule has 0 aliphatic heterocycles. The van der Waals surface area contributed by atoms with Gasteiger partial charge in [0, 0.05) is 5.56 Å². The van der Waals surface area contributed by atoms with Crippen LogP contribution < -0.4 is 10.1 Å². The van der Waals surface area contributed by atoms with E-state index in [0.29, 0.717) is 22.6 Å². The molecule has 0 spiro atoms. The van der Waals surface area contributed by atoms with Crippen molar-refractivity contribution in [3.8, 4) is 5.88 Å². The highest BCUT2D eigenvalue weighted by atomic mass is 19.1. The molecule has 0 unspecified atom stereocenters. The van der Waals surface area contributed by atoms with E-state index >= 15 is 0 Å². The first-order chi connectivity index (χ1) is 13.3. The number of carbonyl (C=O) groups is 1. The summed E-state index contributed by atoms with van der Waals surface area (Å²) >= 11 is 0. The fourth-order valence-electron chi connectivity index (χ4n) is 2.79. The Morgan fingerprint density at radius 1 is 1.39 bits per heavy atom. The minimum absolute atomic E-state index is 0.174. The topological polar surface area (TPSA) is 128 Å². The number of anilines is 1. The van der Waals surface area contributed by atoms with Gasteiger partial charge >= 0.3 is 11.6 Å². The van der Waals surface area contributed by atoms with Crippen LogP contribution in [-0.4, -0.2) is 37.9 Å². The summed E-state index contributed by atoms with van der Waals surface area (Å²) in [7, 11) is 1.21. The molecule has 1 aromatic carbocycles. The normalized spacial score (nSPS) is 10.7. The number of amides is 1. The van der Waals surface area contributed by atoms with Crippen molar-refractivity contribution in [1.29, 1.82) is 0 Å². The molecular weight excluding hydrogens is 371 g/mol. The van der Waals surface area contributed by atoms with E-state index in [1.54, 1.807) is 36.7 Å². The van der Waals surface area contributed by atoms with Crippen LogP contribution in [0.15, 0.2) is 24.3 Å². The molecule has 2 heterocycles. The maximum atomic E-state index is 13.9. The summed E-state index contributed by atoms with van der Waals surface area (Å²) in [5.41, 5.74) is 0.972. The number of aryl methyl sites for hydroxylation is 1. The number of H-pyrrole nitrogens is 1. The third kappa shape index (κ3) is 3.41. The number of methoxy groups -OCH3 is 1. The van der Waals surface area contributed by atoms with Crippen LogP contribution in [-0.2, 0) is 6.54 Å². The third-order valence-electron chi connectivity index (χ3n) is 4.21. The van der Waals surface area contributed by atoms with E-state index in [1.807, 2.05) is 0 Å². The highest BCUT2D eigenvalue weighted by molar-refractivity contribution is 6.06. The number of benzene rings is 1. The number of aromatic nitrogens is 4. The maximum absolute atomic E-state index is 13.9. The van der Waals surface area contributed by atoms with E-state index in [4.69, 9.17) is 4.74 Å². The molecule has 0 saturated heterocycles. The van der Waals surface area contributed by atoms with Gasteiger partial charge in [0.25, 0.3) is 5.91 Å². The number of halogens is 1. The van der Waals surface area contributed by atoms with Gasteiger partial charge in [-0.25, -0.2) is 4.39 Å². The molecule has 28 heavy (non-hydrogen) atoms. The number of nitro groups is 1. The van der Waals surface area contributed by atoms with Crippen LogP contribution in [0.5, 0.6) is 5.88 Å². The Labute approximate surface area is 158 Å². The molecular formula is C17H17FN6O4. The van der Waals surface area contributed by atoms with E-state index in [9.17, 15) is 19.3 Å². The summed E-state index contributed by atoms with van der Waals surface area (Å²) in [4.78, 5) is 23.0. The average molecular weight is 388 g/mol. The number of aromatic amines is 1. The molecule has 2 N–H and O–H groups in total. The van der Waals surface area contributed by atoms with Gasteiger partial charge in [-0.05, 0) is 19.9 Å². The zero-order chi connectivity index (χ0) is 20.4. The molecule has 0 fully saturated rings. The van der Waals surface area contributed by atoms with Crippen molar-refractivity contribution in [3.05, 3.63) is 62.8 Å². The molecule has 2 aromatic heterocycles. The molecule has 0 radical (unpaired) electrons. The Hall–Kier alpha value is -3.76. The Bertz CT molecular complexity index is 1060. The molecule has 0 aliphatic carbocycles. The lowest BCUT2D eigenvalue weighted by molar-refractivity contribution is -0.386. The number of carbonyl (C=O) groups excluding carboxylic acids is 1. The number of nitrogens with one attached hydrogen (secondary N) is 2. The molecule has 3 rings (SSSR count). The average Bonchev–Trinajstić information content (AvgIpc) is 3.20. The van der Waals surface area contributed by atoms with Gasteiger partial charge in [0.2, 0.25) is 5.69 Å². The van der Waals surface area contributed by atoms with Crippen molar-refractivity contribution in [2.24, 2.45) is 0 Å². The highest BCUT2D eigenvalue weighted by Crippen LogP contribution is 2.29. The number of nitrogens with zero attached hydrogens (tertiary/aromatic N) is 4. The summed E-state index contributed by atoms with van der Waals surface area (Å²) in [6, 6.07) is 6.31. The Morgan fingerprint density at radius 2 is 2.11 bits per heavy atom. The third-order valence-corrected chi connectivity index (χ3v) is 4.21. The van der Waals surface area contributed by atoms with Crippen molar-refractivity contribution < 1.29 is 18.8 Å².